The molecule has 0 saturated carbocycles. The predicted molar refractivity (Wildman–Crippen MR) is 114 cm³/mol. The smallest absolute Gasteiger partial charge is 0.166 e. The van der Waals surface area contributed by atoms with Crippen molar-refractivity contribution in [3.8, 4) is 0 Å². The number of halogens is 1. The average Bonchev–Trinajstić information content (AvgIpc) is 2.71. The van der Waals surface area contributed by atoms with Gasteiger partial charge in [-0.25, -0.2) is 0 Å². The highest BCUT2D eigenvalue weighted by Gasteiger charge is 2.32. The fourth-order valence-electron chi connectivity index (χ4n) is 4.72. The van der Waals surface area contributed by atoms with Gasteiger partial charge in [0, 0.05) is 58.3 Å². The number of hydrogen-bond acceptors (Lipinski definition) is 3. The molecule has 1 heterocycles. The van der Waals surface area contributed by atoms with Gasteiger partial charge in [0.1, 0.15) is 0 Å². The summed E-state index contributed by atoms with van der Waals surface area (Å²) in [6.45, 7) is 4.08. The Morgan fingerprint density at radius 3 is 2.56 bits per heavy atom. The molecule has 4 rings (SSSR count). The molecule has 3 nitrogen and oxygen atoms in total. The van der Waals surface area contributed by atoms with E-state index >= 15 is 0 Å². The zero-order valence-corrected chi connectivity index (χ0v) is 17.4. The monoisotopic (exact) mass is 427 g/mol. The molecule has 2 aromatic rings. The van der Waals surface area contributed by atoms with Crippen LogP contribution in [0.2, 0.25) is 0 Å². The third-order valence-electron chi connectivity index (χ3n) is 6.33. The van der Waals surface area contributed by atoms with E-state index in [1.807, 2.05) is 25.1 Å². The molecule has 0 N–H and O–H groups in total. The van der Waals surface area contributed by atoms with Crippen molar-refractivity contribution in [2.24, 2.45) is 11.8 Å². The van der Waals surface area contributed by atoms with E-state index in [2.05, 4.69) is 33.0 Å². The molecule has 0 aromatic heterocycles. The Morgan fingerprint density at radius 2 is 1.81 bits per heavy atom. The molecule has 2 atom stereocenters. The summed E-state index contributed by atoms with van der Waals surface area (Å²) in [4.78, 5) is 28.9. The molecule has 1 aliphatic carbocycles. The first-order chi connectivity index (χ1) is 13.1. The summed E-state index contributed by atoms with van der Waals surface area (Å²) in [5.74, 6) is 0.303. The van der Waals surface area contributed by atoms with Crippen molar-refractivity contribution >= 4 is 44.0 Å². The SMILES string of the molecule is CC1C(=O)c2ccc(N3CCCCC3)c3cccc(c23)C(=O)CC1CCBr. The second-order valence-electron chi connectivity index (χ2n) is 7.93. The number of carbonyl (C=O) groups excluding carboxylic acids is 2. The van der Waals surface area contributed by atoms with Gasteiger partial charge in [-0.3, -0.25) is 9.59 Å². The van der Waals surface area contributed by atoms with Crippen molar-refractivity contribution in [3.63, 3.8) is 0 Å². The molecule has 27 heavy (non-hydrogen) atoms. The van der Waals surface area contributed by atoms with Gasteiger partial charge in [-0.1, -0.05) is 41.1 Å². The highest BCUT2D eigenvalue weighted by Crippen LogP contribution is 2.38. The zero-order chi connectivity index (χ0) is 19.0. The van der Waals surface area contributed by atoms with Crippen molar-refractivity contribution in [2.45, 2.75) is 39.0 Å². The van der Waals surface area contributed by atoms with E-state index in [-0.39, 0.29) is 23.4 Å². The predicted octanol–water partition coefficient (Wildman–Crippen LogP) is 5.64. The summed E-state index contributed by atoms with van der Waals surface area (Å²) in [6, 6.07) is 10.0. The van der Waals surface area contributed by atoms with Gasteiger partial charge in [0.15, 0.2) is 11.6 Å². The lowest BCUT2D eigenvalue weighted by Gasteiger charge is -2.31. The molecular formula is C23H26BrNO2. The van der Waals surface area contributed by atoms with E-state index < -0.39 is 0 Å². The molecule has 1 aliphatic heterocycles. The third-order valence-corrected chi connectivity index (χ3v) is 6.79. The van der Waals surface area contributed by atoms with Crippen molar-refractivity contribution in [1.82, 2.24) is 0 Å². The Morgan fingerprint density at radius 1 is 1.04 bits per heavy atom. The van der Waals surface area contributed by atoms with E-state index in [4.69, 9.17) is 0 Å². The summed E-state index contributed by atoms with van der Waals surface area (Å²) >= 11 is 3.48. The van der Waals surface area contributed by atoms with Crippen molar-refractivity contribution in [2.75, 3.05) is 23.3 Å². The maximum absolute atomic E-state index is 13.3. The van der Waals surface area contributed by atoms with E-state index in [0.29, 0.717) is 6.42 Å². The molecule has 142 valence electrons. The van der Waals surface area contributed by atoms with E-state index in [1.165, 1.54) is 24.9 Å². The van der Waals surface area contributed by atoms with Gasteiger partial charge < -0.3 is 4.90 Å². The molecule has 2 aliphatic rings. The lowest BCUT2D eigenvalue weighted by atomic mass is 9.77. The molecule has 0 amide bonds. The fourth-order valence-corrected chi connectivity index (χ4v) is 5.30. The van der Waals surface area contributed by atoms with Crippen LogP contribution in [0.3, 0.4) is 0 Å². The molecule has 0 spiro atoms. The second-order valence-corrected chi connectivity index (χ2v) is 8.72. The highest BCUT2D eigenvalue weighted by molar-refractivity contribution is 9.09. The standard InChI is InChI=1S/C23H26BrNO2/c1-15-16(10-11-24)14-21(26)18-7-5-6-17-20(25-12-3-2-4-13-25)9-8-19(22(17)18)23(15)27/h5-9,15-16H,2-4,10-14H2,1H3. The van der Waals surface area contributed by atoms with Crippen LogP contribution < -0.4 is 4.90 Å². The number of alkyl halides is 1. The van der Waals surface area contributed by atoms with Crippen molar-refractivity contribution in [1.29, 1.82) is 0 Å². The van der Waals surface area contributed by atoms with Gasteiger partial charge in [-0.05, 0) is 43.7 Å². The molecular weight excluding hydrogens is 402 g/mol. The van der Waals surface area contributed by atoms with Crippen LogP contribution in [0.1, 0.15) is 59.7 Å². The van der Waals surface area contributed by atoms with Crippen LogP contribution in [0.25, 0.3) is 10.8 Å². The Balaban J connectivity index is 1.90. The Bertz CT molecular complexity index is 885. The molecule has 1 fully saturated rings. The number of rotatable bonds is 3. The number of nitrogens with zero attached hydrogens (tertiary/aromatic N) is 1. The number of Topliss-reactive ketones (excluding diaryl/α,β-unsaturated/α-hetero) is 2. The largest absolute Gasteiger partial charge is 0.371 e. The van der Waals surface area contributed by atoms with Crippen molar-refractivity contribution in [3.05, 3.63) is 41.5 Å². The summed E-state index contributed by atoms with van der Waals surface area (Å²) in [6.07, 6.45) is 4.97. The van der Waals surface area contributed by atoms with Crippen LogP contribution in [-0.4, -0.2) is 30.0 Å². The Hall–Kier alpha value is -1.68. The van der Waals surface area contributed by atoms with Crippen LogP contribution in [0, 0.1) is 11.8 Å². The number of benzene rings is 2. The third kappa shape index (κ3) is 3.33. The molecule has 1 saturated heterocycles. The van der Waals surface area contributed by atoms with Crippen LogP contribution in [0.15, 0.2) is 30.3 Å². The average molecular weight is 428 g/mol. The summed E-state index contributed by atoms with van der Waals surface area (Å²) in [5.41, 5.74) is 2.61. The maximum atomic E-state index is 13.3. The highest BCUT2D eigenvalue weighted by atomic mass is 79.9. The topological polar surface area (TPSA) is 37.4 Å². The van der Waals surface area contributed by atoms with Gasteiger partial charge in [-0.15, -0.1) is 0 Å². The van der Waals surface area contributed by atoms with Gasteiger partial charge in [0.2, 0.25) is 0 Å². The van der Waals surface area contributed by atoms with Crippen molar-refractivity contribution < 1.29 is 9.59 Å². The minimum absolute atomic E-state index is 0.0922. The molecule has 2 aromatic carbocycles. The quantitative estimate of drug-likeness (QED) is 0.594. The van der Waals surface area contributed by atoms with Gasteiger partial charge in [0.25, 0.3) is 0 Å². The Labute approximate surface area is 169 Å². The number of anilines is 1. The molecule has 0 radical (unpaired) electrons. The first-order valence-corrected chi connectivity index (χ1v) is 11.2. The maximum Gasteiger partial charge on any atom is 0.166 e. The molecule has 4 heteroatoms. The number of carbonyl (C=O) groups is 2. The number of ketones is 2. The van der Waals surface area contributed by atoms with E-state index in [1.54, 1.807) is 0 Å². The minimum atomic E-state index is -0.135. The first-order valence-electron chi connectivity index (χ1n) is 10.1. The summed E-state index contributed by atoms with van der Waals surface area (Å²) in [7, 11) is 0. The van der Waals surface area contributed by atoms with Crippen LogP contribution in [0.5, 0.6) is 0 Å². The van der Waals surface area contributed by atoms with Crippen LogP contribution in [0.4, 0.5) is 5.69 Å². The normalized spacial score (nSPS) is 23.4. The number of hydrogen-bond donors (Lipinski definition) is 0. The second kappa shape index (κ2) is 7.75. The summed E-state index contributed by atoms with van der Waals surface area (Å²) < 4.78 is 0. The lowest BCUT2D eigenvalue weighted by molar-refractivity contribution is 0.0845. The molecule has 0 bridgehead atoms. The first kappa shape index (κ1) is 18.7. The summed E-state index contributed by atoms with van der Waals surface area (Å²) in [5, 5.41) is 2.74. The van der Waals surface area contributed by atoms with E-state index in [9.17, 15) is 9.59 Å². The van der Waals surface area contributed by atoms with Gasteiger partial charge >= 0.3 is 0 Å². The number of piperidine rings is 1. The Kier molecular flexibility index (Phi) is 5.36. The zero-order valence-electron chi connectivity index (χ0n) is 15.8. The van der Waals surface area contributed by atoms with Gasteiger partial charge in [0.05, 0.1) is 0 Å². The fraction of sp³-hybridized carbons (Fsp3) is 0.478. The lowest BCUT2D eigenvalue weighted by Crippen LogP contribution is -2.30. The van der Waals surface area contributed by atoms with Crippen LogP contribution >= 0.6 is 15.9 Å². The van der Waals surface area contributed by atoms with Gasteiger partial charge in [-0.2, -0.15) is 0 Å². The molecule has 2 unspecified atom stereocenters. The van der Waals surface area contributed by atoms with E-state index in [0.717, 1.165) is 46.7 Å². The minimum Gasteiger partial charge on any atom is -0.371 e. The van der Waals surface area contributed by atoms with Crippen LogP contribution in [-0.2, 0) is 0 Å².